The van der Waals surface area contributed by atoms with Crippen LogP contribution in [0.1, 0.15) is 19.8 Å². The monoisotopic (exact) mass is 335 g/mol. The fourth-order valence-corrected chi connectivity index (χ4v) is 3.97. The summed E-state index contributed by atoms with van der Waals surface area (Å²) >= 11 is 1.62. The van der Waals surface area contributed by atoms with Crippen LogP contribution in [0, 0.1) is 0 Å². The maximum Gasteiger partial charge on any atom is 0.246 e. The van der Waals surface area contributed by atoms with Crippen molar-refractivity contribution in [3.05, 3.63) is 36.6 Å². The van der Waals surface area contributed by atoms with Gasteiger partial charge in [0.2, 0.25) is 12.3 Å². The van der Waals surface area contributed by atoms with E-state index in [9.17, 15) is 9.59 Å². The Hall–Kier alpha value is -1.69. The lowest BCUT2D eigenvalue weighted by Crippen LogP contribution is -2.50. The molecule has 1 N–H and O–H groups in total. The van der Waals surface area contributed by atoms with Crippen molar-refractivity contribution < 1.29 is 9.59 Å². The SMILES string of the molecule is C=CCC1=C(NC(C)C=C)CN(C(=O)C2CSCN2C=O)CC1. The molecule has 0 saturated carbocycles. The summed E-state index contributed by atoms with van der Waals surface area (Å²) in [6.45, 7) is 10.9. The molecule has 6 heteroatoms. The third-order valence-electron chi connectivity index (χ3n) is 4.25. The lowest BCUT2D eigenvalue weighted by molar-refractivity contribution is -0.138. The number of hydrogen-bond acceptors (Lipinski definition) is 4. The highest BCUT2D eigenvalue weighted by molar-refractivity contribution is 7.99. The Morgan fingerprint density at radius 2 is 2.30 bits per heavy atom. The molecule has 5 nitrogen and oxygen atoms in total. The molecule has 2 rings (SSSR count). The molecule has 0 aromatic rings. The second-order valence-electron chi connectivity index (χ2n) is 5.89. The van der Waals surface area contributed by atoms with Crippen LogP contribution in [0.4, 0.5) is 0 Å². The summed E-state index contributed by atoms with van der Waals surface area (Å²) in [7, 11) is 0. The minimum absolute atomic E-state index is 0.0466. The molecule has 0 aliphatic carbocycles. The topological polar surface area (TPSA) is 52.7 Å². The van der Waals surface area contributed by atoms with Gasteiger partial charge in [-0.25, -0.2) is 0 Å². The van der Waals surface area contributed by atoms with Crippen molar-refractivity contribution in [3.63, 3.8) is 0 Å². The van der Waals surface area contributed by atoms with Gasteiger partial charge >= 0.3 is 0 Å². The molecule has 126 valence electrons. The lowest BCUT2D eigenvalue weighted by atomic mass is 10.0. The second-order valence-corrected chi connectivity index (χ2v) is 6.89. The first-order valence-corrected chi connectivity index (χ1v) is 9.04. The molecular weight excluding hydrogens is 310 g/mol. The van der Waals surface area contributed by atoms with Crippen LogP contribution in [0.3, 0.4) is 0 Å². The second kappa shape index (κ2) is 8.24. The van der Waals surface area contributed by atoms with Crippen molar-refractivity contribution in [2.75, 3.05) is 24.7 Å². The zero-order valence-electron chi connectivity index (χ0n) is 13.7. The molecule has 23 heavy (non-hydrogen) atoms. The average molecular weight is 335 g/mol. The third kappa shape index (κ3) is 4.19. The molecule has 2 unspecified atom stereocenters. The number of carbonyl (C=O) groups is 2. The van der Waals surface area contributed by atoms with Crippen molar-refractivity contribution in [1.29, 1.82) is 0 Å². The first-order valence-electron chi connectivity index (χ1n) is 7.89. The van der Waals surface area contributed by atoms with Gasteiger partial charge in [-0.1, -0.05) is 12.2 Å². The summed E-state index contributed by atoms with van der Waals surface area (Å²) in [5, 5.41) is 3.44. The number of rotatable bonds is 7. The van der Waals surface area contributed by atoms with Crippen molar-refractivity contribution in [2.45, 2.75) is 31.8 Å². The van der Waals surface area contributed by atoms with Gasteiger partial charge in [-0.3, -0.25) is 9.59 Å². The number of thioether (sulfide) groups is 1. The van der Waals surface area contributed by atoms with Gasteiger partial charge in [0.15, 0.2) is 0 Å². The largest absolute Gasteiger partial charge is 0.381 e. The number of hydrogen-bond donors (Lipinski definition) is 1. The van der Waals surface area contributed by atoms with Gasteiger partial charge < -0.3 is 15.1 Å². The summed E-state index contributed by atoms with van der Waals surface area (Å²) in [6.07, 6.45) is 6.19. The minimum Gasteiger partial charge on any atom is -0.381 e. The summed E-state index contributed by atoms with van der Waals surface area (Å²) in [4.78, 5) is 27.3. The van der Waals surface area contributed by atoms with Gasteiger partial charge in [0.05, 0.1) is 12.4 Å². The molecule has 0 radical (unpaired) electrons. The average Bonchev–Trinajstić information content (AvgIpc) is 3.04. The van der Waals surface area contributed by atoms with E-state index in [-0.39, 0.29) is 18.0 Å². The standard InChI is InChI=1S/C17H25N3O2S/c1-4-6-14-7-8-19(9-15(14)18-13(3)5-2)17(22)16-10-23-12-20(16)11-21/h4-5,11,13,16,18H,1-2,6-10,12H2,3H3. The lowest BCUT2D eigenvalue weighted by Gasteiger charge is -2.34. The minimum atomic E-state index is -0.323. The molecule has 0 bridgehead atoms. The van der Waals surface area contributed by atoms with Crippen LogP contribution >= 0.6 is 11.8 Å². The molecule has 2 amide bonds. The maximum absolute atomic E-state index is 12.8. The first-order chi connectivity index (χ1) is 11.1. The van der Waals surface area contributed by atoms with Gasteiger partial charge in [0, 0.05) is 24.0 Å². The Kier molecular flexibility index (Phi) is 6.33. The fourth-order valence-electron chi connectivity index (χ4n) is 2.85. The van der Waals surface area contributed by atoms with Crippen molar-refractivity contribution in [3.8, 4) is 0 Å². The molecule has 1 saturated heterocycles. The fraction of sp³-hybridized carbons (Fsp3) is 0.529. The predicted octanol–water partition coefficient (Wildman–Crippen LogP) is 1.74. The molecular formula is C17H25N3O2S. The molecule has 2 aliphatic heterocycles. The van der Waals surface area contributed by atoms with Gasteiger partial charge in [-0.2, -0.15) is 0 Å². The van der Waals surface area contributed by atoms with E-state index in [1.165, 1.54) is 5.57 Å². The van der Waals surface area contributed by atoms with E-state index in [0.29, 0.717) is 24.7 Å². The van der Waals surface area contributed by atoms with E-state index >= 15 is 0 Å². The Morgan fingerprint density at radius 3 is 2.96 bits per heavy atom. The van der Waals surface area contributed by atoms with Crippen molar-refractivity contribution >= 4 is 24.1 Å². The summed E-state index contributed by atoms with van der Waals surface area (Å²) in [6, 6.07) is -0.176. The van der Waals surface area contributed by atoms with Gasteiger partial charge in [0.1, 0.15) is 6.04 Å². The quantitative estimate of drug-likeness (QED) is 0.569. The van der Waals surface area contributed by atoms with Crippen LogP contribution in [0.15, 0.2) is 36.6 Å². The first kappa shape index (κ1) is 17.7. The highest BCUT2D eigenvalue weighted by Gasteiger charge is 2.35. The number of allylic oxidation sites excluding steroid dienone is 1. The van der Waals surface area contributed by atoms with E-state index in [2.05, 4.69) is 18.5 Å². The van der Waals surface area contributed by atoms with Crippen LogP contribution in [0.5, 0.6) is 0 Å². The van der Waals surface area contributed by atoms with Crippen LogP contribution < -0.4 is 5.32 Å². The highest BCUT2D eigenvalue weighted by atomic mass is 32.2. The molecule has 1 fully saturated rings. The molecule has 0 aromatic heterocycles. The summed E-state index contributed by atoms with van der Waals surface area (Å²) < 4.78 is 0. The van der Waals surface area contributed by atoms with Gasteiger partial charge in [-0.15, -0.1) is 24.9 Å². The number of carbonyl (C=O) groups excluding carboxylic acids is 2. The number of amides is 2. The zero-order chi connectivity index (χ0) is 16.8. The van der Waals surface area contributed by atoms with Gasteiger partial charge in [0.25, 0.3) is 0 Å². The van der Waals surface area contributed by atoms with Crippen LogP contribution in [0.2, 0.25) is 0 Å². The number of nitrogens with zero attached hydrogens (tertiary/aromatic N) is 2. The zero-order valence-corrected chi connectivity index (χ0v) is 14.5. The smallest absolute Gasteiger partial charge is 0.246 e. The number of nitrogens with one attached hydrogen (secondary N) is 1. The van der Waals surface area contributed by atoms with Gasteiger partial charge in [-0.05, 0) is 25.3 Å². The maximum atomic E-state index is 12.8. The van der Waals surface area contributed by atoms with Crippen LogP contribution in [0.25, 0.3) is 0 Å². The molecule has 2 heterocycles. The molecule has 2 aliphatic rings. The van der Waals surface area contributed by atoms with Crippen molar-refractivity contribution in [2.24, 2.45) is 0 Å². The normalized spacial score (nSPS) is 22.7. The Bertz CT molecular complexity index is 518. The van der Waals surface area contributed by atoms with Crippen molar-refractivity contribution in [1.82, 2.24) is 15.1 Å². The van der Waals surface area contributed by atoms with E-state index < -0.39 is 0 Å². The molecule has 0 spiro atoms. The Morgan fingerprint density at radius 1 is 1.52 bits per heavy atom. The van der Waals surface area contributed by atoms with E-state index in [0.717, 1.165) is 24.9 Å². The third-order valence-corrected chi connectivity index (χ3v) is 5.29. The molecule has 0 aromatic carbocycles. The summed E-state index contributed by atoms with van der Waals surface area (Å²) in [5.74, 6) is 1.33. The summed E-state index contributed by atoms with van der Waals surface area (Å²) in [5.41, 5.74) is 2.38. The highest BCUT2D eigenvalue weighted by Crippen LogP contribution is 2.25. The Balaban J connectivity index is 2.11. The van der Waals surface area contributed by atoms with Crippen LogP contribution in [-0.2, 0) is 9.59 Å². The van der Waals surface area contributed by atoms with E-state index in [1.807, 2.05) is 24.0 Å². The molecule has 2 atom stereocenters. The Labute approximate surface area is 142 Å². The van der Waals surface area contributed by atoms with Crippen LogP contribution in [-0.4, -0.2) is 58.9 Å². The predicted molar refractivity (Wildman–Crippen MR) is 94.8 cm³/mol. The van der Waals surface area contributed by atoms with E-state index in [4.69, 9.17) is 0 Å². The van der Waals surface area contributed by atoms with E-state index in [1.54, 1.807) is 16.7 Å².